The topological polar surface area (TPSA) is 23.9 Å². The van der Waals surface area contributed by atoms with E-state index in [0.717, 1.165) is 6.08 Å². The van der Waals surface area contributed by atoms with Crippen molar-refractivity contribution >= 4 is 5.71 Å². The van der Waals surface area contributed by atoms with Gasteiger partial charge in [-0.3, -0.25) is 0 Å². The molecule has 0 unspecified atom stereocenters. The van der Waals surface area contributed by atoms with Crippen molar-refractivity contribution in [3.8, 4) is 0 Å². The van der Waals surface area contributed by atoms with E-state index in [-0.39, 0.29) is 5.71 Å². The minimum Gasteiger partial charge on any atom is -0.303 e. The van der Waals surface area contributed by atoms with Gasteiger partial charge in [-0.2, -0.15) is 0 Å². The highest BCUT2D eigenvalue weighted by Crippen LogP contribution is 2.05. The van der Waals surface area contributed by atoms with E-state index in [9.17, 15) is 8.78 Å². The number of rotatable bonds is 2. The highest BCUT2D eigenvalue weighted by molar-refractivity contribution is 5.93. The summed E-state index contributed by atoms with van der Waals surface area (Å²) in [6.45, 7) is 2.72. The number of halogens is 2. The Kier molecular flexibility index (Phi) is 3.54. The fourth-order valence-electron chi connectivity index (χ4n) is 0.313. The molecular formula is C7H9F2N. The van der Waals surface area contributed by atoms with E-state index >= 15 is 0 Å². The van der Waals surface area contributed by atoms with Crippen LogP contribution >= 0.6 is 0 Å². The highest BCUT2D eigenvalue weighted by atomic mass is 19.1. The molecule has 0 atom stereocenters. The Balaban J connectivity index is 4.31. The second kappa shape index (κ2) is 3.93. The van der Waals surface area contributed by atoms with Crippen molar-refractivity contribution < 1.29 is 8.78 Å². The van der Waals surface area contributed by atoms with Gasteiger partial charge in [-0.15, -0.1) is 0 Å². The second-order valence-electron chi connectivity index (χ2n) is 1.79. The van der Waals surface area contributed by atoms with Gasteiger partial charge in [0.25, 0.3) is 0 Å². The molecule has 0 amide bonds. The van der Waals surface area contributed by atoms with Gasteiger partial charge in [0.05, 0.1) is 5.71 Å². The summed E-state index contributed by atoms with van der Waals surface area (Å²) in [6, 6.07) is 0. The van der Waals surface area contributed by atoms with Crippen LogP contribution in [0.2, 0.25) is 0 Å². The standard InChI is InChI=1S/C7H9F2N/c1-3-6(8)4-7(9)5(2)10/h3-4,10H,1-2H3/b6-3+,7-4+,10-5?. The zero-order valence-electron chi connectivity index (χ0n) is 5.91. The van der Waals surface area contributed by atoms with Gasteiger partial charge in [-0.1, -0.05) is 6.08 Å². The lowest BCUT2D eigenvalue weighted by atomic mass is 10.3. The summed E-state index contributed by atoms with van der Waals surface area (Å²) < 4.78 is 24.5. The Morgan fingerprint density at radius 2 is 1.90 bits per heavy atom. The zero-order chi connectivity index (χ0) is 8.15. The largest absolute Gasteiger partial charge is 0.303 e. The smallest absolute Gasteiger partial charge is 0.146 e. The van der Waals surface area contributed by atoms with Crippen LogP contribution in [0, 0.1) is 5.41 Å². The molecule has 0 aromatic rings. The lowest BCUT2D eigenvalue weighted by Crippen LogP contribution is -1.87. The minimum absolute atomic E-state index is 0.267. The van der Waals surface area contributed by atoms with Gasteiger partial charge in [-0.25, -0.2) is 8.78 Å². The molecule has 10 heavy (non-hydrogen) atoms. The van der Waals surface area contributed by atoms with E-state index in [1.54, 1.807) is 0 Å². The van der Waals surface area contributed by atoms with Crippen LogP contribution in [-0.4, -0.2) is 5.71 Å². The van der Waals surface area contributed by atoms with Crippen LogP contribution in [0.1, 0.15) is 13.8 Å². The molecule has 0 aliphatic heterocycles. The lowest BCUT2D eigenvalue weighted by Gasteiger charge is -1.89. The maximum Gasteiger partial charge on any atom is 0.146 e. The zero-order valence-corrected chi connectivity index (χ0v) is 5.91. The molecule has 56 valence electrons. The van der Waals surface area contributed by atoms with Crippen LogP contribution in [0.15, 0.2) is 23.8 Å². The third-order valence-electron chi connectivity index (χ3n) is 0.899. The van der Waals surface area contributed by atoms with Gasteiger partial charge in [-0.05, 0) is 13.8 Å². The predicted molar refractivity (Wildman–Crippen MR) is 37.5 cm³/mol. The van der Waals surface area contributed by atoms with Gasteiger partial charge >= 0.3 is 0 Å². The van der Waals surface area contributed by atoms with Crippen molar-refractivity contribution in [3.05, 3.63) is 23.8 Å². The Morgan fingerprint density at radius 3 is 2.20 bits per heavy atom. The monoisotopic (exact) mass is 145 g/mol. The van der Waals surface area contributed by atoms with Crippen molar-refractivity contribution in [1.82, 2.24) is 0 Å². The fraction of sp³-hybridized carbons (Fsp3) is 0.286. The van der Waals surface area contributed by atoms with Crippen molar-refractivity contribution in [2.45, 2.75) is 13.8 Å². The molecule has 0 aliphatic rings. The highest BCUT2D eigenvalue weighted by Gasteiger charge is 1.97. The van der Waals surface area contributed by atoms with Gasteiger partial charge in [0.15, 0.2) is 0 Å². The molecule has 0 saturated heterocycles. The molecule has 0 bridgehead atoms. The average molecular weight is 145 g/mol. The lowest BCUT2D eigenvalue weighted by molar-refractivity contribution is 0.636. The average Bonchev–Trinajstić information content (AvgIpc) is 1.87. The number of allylic oxidation sites excluding steroid dienone is 4. The molecule has 0 aliphatic carbocycles. The van der Waals surface area contributed by atoms with Crippen LogP contribution in [0.3, 0.4) is 0 Å². The van der Waals surface area contributed by atoms with Crippen molar-refractivity contribution in [3.63, 3.8) is 0 Å². The Labute approximate surface area is 58.6 Å². The summed E-state index contributed by atoms with van der Waals surface area (Å²) in [7, 11) is 0. The summed E-state index contributed by atoms with van der Waals surface area (Å²) >= 11 is 0. The van der Waals surface area contributed by atoms with E-state index in [4.69, 9.17) is 5.41 Å². The van der Waals surface area contributed by atoms with Crippen LogP contribution in [-0.2, 0) is 0 Å². The third-order valence-corrected chi connectivity index (χ3v) is 0.899. The Morgan fingerprint density at radius 1 is 1.40 bits per heavy atom. The molecule has 1 nitrogen and oxygen atoms in total. The minimum atomic E-state index is -0.837. The quantitative estimate of drug-likeness (QED) is 0.456. The molecule has 0 heterocycles. The van der Waals surface area contributed by atoms with E-state index < -0.39 is 11.7 Å². The summed E-state index contributed by atoms with van der Waals surface area (Å²) in [6.07, 6.45) is 1.81. The Hall–Kier alpha value is -0.990. The molecule has 0 rings (SSSR count). The molecular weight excluding hydrogens is 136 g/mol. The van der Waals surface area contributed by atoms with Gasteiger partial charge in [0.2, 0.25) is 0 Å². The first-order chi connectivity index (χ1) is 4.57. The van der Waals surface area contributed by atoms with Crippen LogP contribution < -0.4 is 0 Å². The van der Waals surface area contributed by atoms with Gasteiger partial charge in [0.1, 0.15) is 11.7 Å². The van der Waals surface area contributed by atoms with E-state index in [0.29, 0.717) is 6.08 Å². The van der Waals surface area contributed by atoms with Crippen molar-refractivity contribution in [2.75, 3.05) is 0 Å². The SMILES string of the molecule is C/C=C(F)\C=C(\F)C(C)=N. The maximum atomic E-state index is 12.3. The molecule has 0 radical (unpaired) electrons. The molecule has 0 aromatic carbocycles. The molecule has 0 fully saturated rings. The molecule has 3 heteroatoms. The van der Waals surface area contributed by atoms with Gasteiger partial charge in [0, 0.05) is 6.08 Å². The van der Waals surface area contributed by atoms with Crippen LogP contribution in [0.4, 0.5) is 8.78 Å². The summed E-state index contributed by atoms with van der Waals surface area (Å²) in [5.41, 5.74) is -0.267. The first kappa shape index (κ1) is 9.01. The summed E-state index contributed by atoms with van der Waals surface area (Å²) in [5, 5.41) is 6.73. The number of hydrogen-bond acceptors (Lipinski definition) is 1. The van der Waals surface area contributed by atoms with Crippen LogP contribution in [0.25, 0.3) is 0 Å². The molecule has 0 saturated carbocycles. The van der Waals surface area contributed by atoms with Gasteiger partial charge < -0.3 is 5.41 Å². The normalized spacial score (nSPS) is 13.6. The van der Waals surface area contributed by atoms with E-state index in [1.807, 2.05) is 0 Å². The molecule has 0 aromatic heterocycles. The number of hydrogen-bond donors (Lipinski definition) is 1. The second-order valence-corrected chi connectivity index (χ2v) is 1.79. The Bertz CT molecular complexity index is 192. The van der Waals surface area contributed by atoms with Crippen molar-refractivity contribution in [2.24, 2.45) is 0 Å². The third kappa shape index (κ3) is 3.12. The van der Waals surface area contributed by atoms with Crippen LogP contribution in [0.5, 0.6) is 0 Å². The number of nitrogens with one attached hydrogen (secondary N) is 1. The summed E-state index contributed by atoms with van der Waals surface area (Å²) in [4.78, 5) is 0. The maximum absolute atomic E-state index is 12.3. The molecule has 1 N–H and O–H groups in total. The molecule has 0 spiro atoms. The van der Waals surface area contributed by atoms with E-state index in [2.05, 4.69) is 0 Å². The fourth-order valence-corrected chi connectivity index (χ4v) is 0.313. The first-order valence-electron chi connectivity index (χ1n) is 2.82. The van der Waals surface area contributed by atoms with Crippen molar-refractivity contribution in [1.29, 1.82) is 5.41 Å². The first-order valence-corrected chi connectivity index (χ1v) is 2.82. The predicted octanol–water partition coefficient (Wildman–Crippen LogP) is 2.75. The summed E-state index contributed by atoms with van der Waals surface area (Å²) in [5.74, 6) is -1.50. The van der Waals surface area contributed by atoms with E-state index in [1.165, 1.54) is 13.8 Å².